The number of benzene rings is 1. The van der Waals surface area contributed by atoms with Crippen LogP contribution in [-0.2, 0) is 22.4 Å². The molecule has 2 N–H and O–H groups in total. The molecule has 0 aliphatic rings. The lowest BCUT2D eigenvalue weighted by molar-refractivity contribution is -0.136. The molecule has 1 aromatic rings. The Kier molecular flexibility index (Phi) is 3.23. The number of aldehydes is 1. The fourth-order valence-corrected chi connectivity index (χ4v) is 1.18. The van der Waals surface area contributed by atoms with Crippen molar-refractivity contribution in [2.24, 2.45) is 0 Å². The third-order valence-electron chi connectivity index (χ3n) is 1.80. The van der Waals surface area contributed by atoms with E-state index < -0.39 is 5.97 Å². The molecule has 0 bridgehead atoms. The topological polar surface area (TPSA) is 74.6 Å². The van der Waals surface area contributed by atoms with Crippen LogP contribution >= 0.6 is 0 Å². The van der Waals surface area contributed by atoms with E-state index in [4.69, 9.17) is 5.11 Å². The van der Waals surface area contributed by atoms with E-state index in [2.05, 4.69) is 0 Å². The molecule has 1 rings (SSSR count). The van der Waals surface area contributed by atoms with Crippen LogP contribution in [0.25, 0.3) is 0 Å². The van der Waals surface area contributed by atoms with E-state index in [0.29, 0.717) is 17.4 Å². The number of hydrogen-bond acceptors (Lipinski definition) is 3. The monoisotopic (exact) mass is 194 g/mol. The van der Waals surface area contributed by atoms with Crippen molar-refractivity contribution in [2.75, 3.05) is 0 Å². The first-order valence-corrected chi connectivity index (χ1v) is 4.09. The molecule has 0 radical (unpaired) electrons. The Morgan fingerprint density at radius 1 is 1.43 bits per heavy atom. The van der Waals surface area contributed by atoms with Gasteiger partial charge in [-0.05, 0) is 11.6 Å². The predicted molar refractivity (Wildman–Crippen MR) is 49.2 cm³/mol. The summed E-state index contributed by atoms with van der Waals surface area (Å²) in [5, 5.41) is 17.8. The summed E-state index contributed by atoms with van der Waals surface area (Å²) in [6, 6.07) is 4.45. The van der Waals surface area contributed by atoms with Crippen LogP contribution in [0.3, 0.4) is 0 Å². The highest BCUT2D eigenvalue weighted by atomic mass is 16.4. The van der Waals surface area contributed by atoms with E-state index >= 15 is 0 Å². The van der Waals surface area contributed by atoms with Gasteiger partial charge < -0.3 is 15.0 Å². The first-order valence-electron chi connectivity index (χ1n) is 4.09. The highest BCUT2D eigenvalue weighted by Gasteiger charge is 2.05. The van der Waals surface area contributed by atoms with Gasteiger partial charge in [-0.1, -0.05) is 12.1 Å². The van der Waals surface area contributed by atoms with Crippen molar-refractivity contribution < 1.29 is 19.8 Å². The Labute approximate surface area is 80.8 Å². The number of phenols is 1. The maximum Gasteiger partial charge on any atom is 0.307 e. The zero-order valence-corrected chi connectivity index (χ0v) is 7.43. The van der Waals surface area contributed by atoms with Crippen LogP contribution in [0, 0.1) is 0 Å². The van der Waals surface area contributed by atoms with Crippen molar-refractivity contribution in [3.05, 3.63) is 29.3 Å². The average molecular weight is 194 g/mol. The van der Waals surface area contributed by atoms with E-state index in [1.165, 1.54) is 18.2 Å². The Hall–Kier alpha value is -1.84. The standard InChI is InChI=1S/C10H10O4/c11-4-3-8-5-7(6-10(13)14)1-2-9(8)12/h1-2,4-5,12H,3,6H2,(H,13,14). The van der Waals surface area contributed by atoms with Crippen LogP contribution in [0.2, 0.25) is 0 Å². The van der Waals surface area contributed by atoms with Gasteiger partial charge in [0.15, 0.2) is 0 Å². The molecular weight excluding hydrogens is 184 g/mol. The van der Waals surface area contributed by atoms with E-state index in [1.54, 1.807) is 0 Å². The van der Waals surface area contributed by atoms with Crippen molar-refractivity contribution in [2.45, 2.75) is 12.8 Å². The zero-order valence-electron chi connectivity index (χ0n) is 7.43. The summed E-state index contributed by atoms with van der Waals surface area (Å²) in [4.78, 5) is 20.6. The number of carboxylic acids is 1. The van der Waals surface area contributed by atoms with Gasteiger partial charge in [0.05, 0.1) is 6.42 Å². The van der Waals surface area contributed by atoms with E-state index in [9.17, 15) is 14.7 Å². The average Bonchev–Trinajstić information content (AvgIpc) is 2.10. The normalized spacial score (nSPS) is 9.71. The second kappa shape index (κ2) is 4.41. The number of carbonyl (C=O) groups is 2. The number of aliphatic carboxylic acids is 1. The second-order valence-electron chi connectivity index (χ2n) is 2.90. The minimum atomic E-state index is -0.937. The summed E-state index contributed by atoms with van der Waals surface area (Å²) < 4.78 is 0. The molecule has 0 spiro atoms. The molecule has 74 valence electrons. The lowest BCUT2D eigenvalue weighted by atomic mass is 10.1. The molecule has 0 heterocycles. The van der Waals surface area contributed by atoms with Crippen molar-refractivity contribution in [1.82, 2.24) is 0 Å². The van der Waals surface area contributed by atoms with Crippen molar-refractivity contribution >= 4 is 12.3 Å². The maximum atomic E-state index is 10.4. The van der Waals surface area contributed by atoms with Gasteiger partial charge in [-0.15, -0.1) is 0 Å². The summed E-state index contributed by atoms with van der Waals surface area (Å²) >= 11 is 0. The van der Waals surface area contributed by atoms with Crippen LogP contribution in [0.4, 0.5) is 0 Å². The van der Waals surface area contributed by atoms with Crippen LogP contribution in [0.5, 0.6) is 5.75 Å². The highest BCUT2D eigenvalue weighted by Crippen LogP contribution is 2.18. The van der Waals surface area contributed by atoms with Gasteiger partial charge in [-0.2, -0.15) is 0 Å². The molecule has 14 heavy (non-hydrogen) atoms. The van der Waals surface area contributed by atoms with Crippen molar-refractivity contribution in [3.63, 3.8) is 0 Å². The van der Waals surface area contributed by atoms with Gasteiger partial charge in [0.2, 0.25) is 0 Å². The van der Waals surface area contributed by atoms with Gasteiger partial charge in [-0.3, -0.25) is 4.79 Å². The van der Waals surface area contributed by atoms with Crippen molar-refractivity contribution in [3.8, 4) is 5.75 Å². The molecule has 0 aliphatic carbocycles. The van der Waals surface area contributed by atoms with E-state index in [1.807, 2.05) is 0 Å². The van der Waals surface area contributed by atoms with Gasteiger partial charge in [0.25, 0.3) is 0 Å². The lowest BCUT2D eigenvalue weighted by Gasteiger charge is -2.03. The molecular formula is C10H10O4. The SMILES string of the molecule is O=CCc1cc(CC(=O)O)ccc1O. The maximum absolute atomic E-state index is 10.4. The predicted octanol–water partition coefficient (Wildman–Crippen LogP) is 0.761. The van der Waals surface area contributed by atoms with Gasteiger partial charge in [0, 0.05) is 12.0 Å². The van der Waals surface area contributed by atoms with E-state index in [0.717, 1.165) is 0 Å². The van der Waals surface area contributed by atoms with Crippen LogP contribution in [0.15, 0.2) is 18.2 Å². The number of rotatable bonds is 4. The largest absolute Gasteiger partial charge is 0.508 e. The molecule has 4 heteroatoms. The van der Waals surface area contributed by atoms with Gasteiger partial charge in [0.1, 0.15) is 12.0 Å². The molecule has 0 saturated carbocycles. The minimum Gasteiger partial charge on any atom is -0.508 e. The smallest absolute Gasteiger partial charge is 0.307 e. The Bertz CT molecular complexity index is 357. The van der Waals surface area contributed by atoms with Crippen LogP contribution in [0.1, 0.15) is 11.1 Å². The second-order valence-corrected chi connectivity index (χ2v) is 2.90. The van der Waals surface area contributed by atoms with Gasteiger partial charge >= 0.3 is 5.97 Å². The number of carboxylic acid groups (broad SMARTS) is 1. The third-order valence-corrected chi connectivity index (χ3v) is 1.80. The summed E-state index contributed by atoms with van der Waals surface area (Å²) in [6.07, 6.45) is 0.658. The number of aromatic hydroxyl groups is 1. The lowest BCUT2D eigenvalue weighted by Crippen LogP contribution is -2.00. The fourth-order valence-electron chi connectivity index (χ4n) is 1.18. The van der Waals surface area contributed by atoms with Crippen molar-refractivity contribution in [1.29, 1.82) is 0 Å². The Balaban J connectivity index is 2.93. The van der Waals surface area contributed by atoms with Gasteiger partial charge in [-0.25, -0.2) is 0 Å². The summed E-state index contributed by atoms with van der Waals surface area (Å²) in [6.45, 7) is 0. The summed E-state index contributed by atoms with van der Waals surface area (Å²) in [5.74, 6) is -0.918. The third kappa shape index (κ3) is 2.58. The fraction of sp³-hybridized carbons (Fsp3) is 0.200. The molecule has 0 aromatic heterocycles. The summed E-state index contributed by atoms with van der Waals surface area (Å²) in [7, 11) is 0. The van der Waals surface area contributed by atoms with Crippen LogP contribution < -0.4 is 0 Å². The molecule has 0 saturated heterocycles. The Morgan fingerprint density at radius 3 is 2.71 bits per heavy atom. The number of phenolic OH excluding ortho intramolecular Hbond substituents is 1. The number of carbonyl (C=O) groups excluding carboxylic acids is 1. The van der Waals surface area contributed by atoms with Crippen LogP contribution in [-0.4, -0.2) is 22.5 Å². The number of hydrogen-bond donors (Lipinski definition) is 2. The minimum absolute atomic E-state index is 0.0197. The molecule has 0 unspecified atom stereocenters. The highest BCUT2D eigenvalue weighted by molar-refractivity contribution is 5.70. The first-order chi connectivity index (χ1) is 6.63. The zero-order chi connectivity index (χ0) is 10.6. The molecule has 0 aliphatic heterocycles. The molecule has 0 fully saturated rings. The molecule has 4 nitrogen and oxygen atoms in total. The first kappa shape index (κ1) is 10.2. The quantitative estimate of drug-likeness (QED) is 0.694. The molecule has 0 atom stereocenters. The summed E-state index contributed by atoms with van der Waals surface area (Å²) in [5.41, 5.74) is 1.03. The van der Waals surface area contributed by atoms with E-state index in [-0.39, 0.29) is 18.6 Å². The Morgan fingerprint density at radius 2 is 2.14 bits per heavy atom. The molecule has 1 aromatic carbocycles. The molecule has 0 amide bonds.